The molecule has 8 heteroatoms. The first kappa shape index (κ1) is 18.4. The SMILES string of the molecule is CCOC(=O)N1CCN(c2ccc(NC(=O)C3CCOCC3)cn2)CC1. The van der Waals surface area contributed by atoms with E-state index in [4.69, 9.17) is 9.47 Å². The highest BCUT2D eigenvalue weighted by Gasteiger charge is 2.23. The van der Waals surface area contributed by atoms with Gasteiger partial charge in [-0.2, -0.15) is 0 Å². The van der Waals surface area contributed by atoms with Gasteiger partial charge in [0.05, 0.1) is 18.5 Å². The number of hydrogen-bond acceptors (Lipinski definition) is 6. The first-order valence-electron chi connectivity index (χ1n) is 9.18. The van der Waals surface area contributed by atoms with Crippen molar-refractivity contribution in [2.45, 2.75) is 19.8 Å². The number of hydrogen-bond donors (Lipinski definition) is 1. The van der Waals surface area contributed by atoms with E-state index < -0.39 is 0 Å². The van der Waals surface area contributed by atoms with Crippen LogP contribution in [0.3, 0.4) is 0 Å². The number of piperazine rings is 1. The molecule has 0 radical (unpaired) electrons. The molecule has 3 heterocycles. The topological polar surface area (TPSA) is 84.0 Å². The van der Waals surface area contributed by atoms with Crippen molar-refractivity contribution in [2.75, 3.05) is 56.2 Å². The molecule has 2 aliphatic heterocycles. The summed E-state index contributed by atoms with van der Waals surface area (Å²) in [5.41, 5.74) is 0.704. The van der Waals surface area contributed by atoms with Crippen molar-refractivity contribution >= 4 is 23.5 Å². The first-order valence-corrected chi connectivity index (χ1v) is 9.18. The Hall–Kier alpha value is -2.35. The molecule has 1 aromatic rings. The van der Waals surface area contributed by atoms with Gasteiger partial charge in [0.15, 0.2) is 0 Å². The molecule has 2 fully saturated rings. The van der Waals surface area contributed by atoms with E-state index in [9.17, 15) is 9.59 Å². The average molecular weight is 362 g/mol. The second kappa shape index (κ2) is 8.84. The van der Waals surface area contributed by atoms with Crippen LogP contribution in [0.4, 0.5) is 16.3 Å². The molecule has 8 nitrogen and oxygen atoms in total. The molecular formula is C18H26N4O4. The van der Waals surface area contributed by atoms with Gasteiger partial charge in [0, 0.05) is 45.3 Å². The molecule has 26 heavy (non-hydrogen) atoms. The predicted molar refractivity (Wildman–Crippen MR) is 97.2 cm³/mol. The fourth-order valence-electron chi connectivity index (χ4n) is 3.18. The fraction of sp³-hybridized carbons (Fsp3) is 0.611. The van der Waals surface area contributed by atoms with Crippen LogP contribution in [0.2, 0.25) is 0 Å². The molecule has 2 saturated heterocycles. The van der Waals surface area contributed by atoms with E-state index in [1.54, 1.807) is 18.0 Å². The lowest BCUT2D eigenvalue weighted by Gasteiger charge is -2.34. The number of carbonyl (C=O) groups is 2. The summed E-state index contributed by atoms with van der Waals surface area (Å²) in [7, 11) is 0. The van der Waals surface area contributed by atoms with Crippen molar-refractivity contribution in [1.82, 2.24) is 9.88 Å². The minimum absolute atomic E-state index is 0.0133. The Morgan fingerprint density at radius 1 is 1.23 bits per heavy atom. The van der Waals surface area contributed by atoms with Crippen LogP contribution in [-0.2, 0) is 14.3 Å². The zero-order valence-electron chi connectivity index (χ0n) is 15.1. The van der Waals surface area contributed by atoms with Crippen LogP contribution in [0.1, 0.15) is 19.8 Å². The number of amides is 2. The van der Waals surface area contributed by atoms with Gasteiger partial charge in [0.2, 0.25) is 5.91 Å². The highest BCUT2D eigenvalue weighted by molar-refractivity contribution is 5.92. The van der Waals surface area contributed by atoms with Crippen molar-refractivity contribution in [3.63, 3.8) is 0 Å². The molecule has 142 valence electrons. The van der Waals surface area contributed by atoms with E-state index in [2.05, 4.69) is 15.2 Å². The van der Waals surface area contributed by atoms with Gasteiger partial charge >= 0.3 is 6.09 Å². The van der Waals surface area contributed by atoms with Crippen molar-refractivity contribution < 1.29 is 19.1 Å². The molecule has 1 aromatic heterocycles. The number of nitrogens with zero attached hydrogens (tertiary/aromatic N) is 3. The minimum Gasteiger partial charge on any atom is -0.450 e. The zero-order chi connectivity index (χ0) is 18.4. The van der Waals surface area contributed by atoms with E-state index in [0.717, 1.165) is 18.7 Å². The Morgan fingerprint density at radius 2 is 1.96 bits per heavy atom. The fourth-order valence-corrected chi connectivity index (χ4v) is 3.18. The molecule has 3 rings (SSSR count). The Bertz CT molecular complexity index is 608. The van der Waals surface area contributed by atoms with Crippen LogP contribution < -0.4 is 10.2 Å². The van der Waals surface area contributed by atoms with E-state index in [1.807, 2.05) is 12.1 Å². The number of ether oxygens (including phenoxy) is 2. The highest BCUT2D eigenvalue weighted by atomic mass is 16.6. The summed E-state index contributed by atoms with van der Waals surface area (Å²) in [6.07, 6.45) is 2.96. The van der Waals surface area contributed by atoms with Crippen LogP contribution in [0.15, 0.2) is 18.3 Å². The molecular weight excluding hydrogens is 336 g/mol. The van der Waals surface area contributed by atoms with Crippen LogP contribution in [-0.4, -0.2) is 67.9 Å². The van der Waals surface area contributed by atoms with Crippen LogP contribution >= 0.6 is 0 Å². The van der Waals surface area contributed by atoms with Gasteiger partial charge in [-0.3, -0.25) is 4.79 Å². The van der Waals surface area contributed by atoms with Gasteiger partial charge in [-0.15, -0.1) is 0 Å². The maximum atomic E-state index is 12.3. The highest BCUT2D eigenvalue weighted by Crippen LogP contribution is 2.19. The third-order valence-corrected chi connectivity index (χ3v) is 4.74. The smallest absolute Gasteiger partial charge is 0.409 e. The van der Waals surface area contributed by atoms with E-state index in [0.29, 0.717) is 51.7 Å². The summed E-state index contributed by atoms with van der Waals surface area (Å²) in [6, 6.07) is 3.77. The Balaban J connectivity index is 1.50. The molecule has 0 aliphatic carbocycles. The Labute approximate surface area is 153 Å². The third-order valence-electron chi connectivity index (χ3n) is 4.74. The summed E-state index contributed by atoms with van der Waals surface area (Å²) in [4.78, 5) is 32.3. The van der Waals surface area contributed by atoms with Gasteiger partial charge in [-0.1, -0.05) is 0 Å². The lowest BCUT2D eigenvalue weighted by atomic mass is 9.99. The molecule has 0 aromatic carbocycles. The minimum atomic E-state index is -0.258. The van der Waals surface area contributed by atoms with Crippen LogP contribution in [0.5, 0.6) is 0 Å². The number of rotatable bonds is 4. The van der Waals surface area contributed by atoms with Crippen LogP contribution in [0.25, 0.3) is 0 Å². The number of nitrogens with one attached hydrogen (secondary N) is 1. The molecule has 0 unspecified atom stereocenters. The van der Waals surface area contributed by atoms with E-state index in [1.165, 1.54) is 0 Å². The number of aromatic nitrogens is 1. The van der Waals surface area contributed by atoms with Crippen molar-refractivity contribution in [3.05, 3.63) is 18.3 Å². The lowest BCUT2D eigenvalue weighted by molar-refractivity contribution is -0.122. The molecule has 0 saturated carbocycles. The maximum absolute atomic E-state index is 12.3. The van der Waals surface area contributed by atoms with Crippen molar-refractivity contribution in [1.29, 1.82) is 0 Å². The summed E-state index contributed by atoms with van der Waals surface area (Å²) in [6.45, 7) is 6.13. The van der Waals surface area contributed by atoms with E-state index >= 15 is 0 Å². The normalized spacial score (nSPS) is 18.5. The van der Waals surface area contributed by atoms with Crippen molar-refractivity contribution in [3.8, 4) is 0 Å². The third kappa shape index (κ3) is 4.63. The quantitative estimate of drug-likeness (QED) is 0.878. The first-order chi connectivity index (χ1) is 12.7. The van der Waals surface area contributed by atoms with Gasteiger partial charge in [-0.25, -0.2) is 9.78 Å². The maximum Gasteiger partial charge on any atom is 0.409 e. The molecule has 1 N–H and O–H groups in total. The van der Waals surface area contributed by atoms with Gasteiger partial charge in [-0.05, 0) is 31.9 Å². The van der Waals surface area contributed by atoms with Gasteiger partial charge in [0.25, 0.3) is 0 Å². The molecule has 0 atom stereocenters. The van der Waals surface area contributed by atoms with E-state index in [-0.39, 0.29) is 17.9 Å². The standard InChI is InChI=1S/C18H26N4O4/c1-2-26-18(24)22-9-7-21(8-10-22)16-4-3-15(13-19-16)20-17(23)14-5-11-25-12-6-14/h3-4,13-14H,2,5-12H2,1H3,(H,20,23). The second-order valence-corrected chi connectivity index (χ2v) is 6.45. The van der Waals surface area contributed by atoms with Crippen molar-refractivity contribution in [2.24, 2.45) is 5.92 Å². The molecule has 0 spiro atoms. The number of anilines is 2. The largest absolute Gasteiger partial charge is 0.450 e. The predicted octanol–water partition coefficient (Wildman–Crippen LogP) is 1.73. The summed E-state index contributed by atoms with van der Waals surface area (Å²) in [5, 5.41) is 2.93. The monoisotopic (exact) mass is 362 g/mol. The van der Waals surface area contributed by atoms with Gasteiger partial charge < -0.3 is 24.6 Å². The summed E-state index contributed by atoms with van der Waals surface area (Å²) in [5.74, 6) is 0.892. The number of pyridine rings is 1. The van der Waals surface area contributed by atoms with Crippen LogP contribution in [0, 0.1) is 5.92 Å². The summed E-state index contributed by atoms with van der Waals surface area (Å²) >= 11 is 0. The molecule has 2 aliphatic rings. The average Bonchev–Trinajstić information content (AvgIpc) is 2.69. The zero-order valence-corrected chi connectivity index (χ0v) is 15.1. The Morgan fingerprint density at radius 3 is 2.58 bits per heavy atom. The van der Waals surface area contributed by atoms with Gasteiger partial charge in [0.1, 0.15) is 5.82 Å². The summed E-state index contributed by atoms with van der Waals surface area (Å²) < 4.78 is 10.3. The second-order valence-electron chi connectivity index (χ2n) is 6.45. The molecule has 0 bridgehead atoms. The lowest BCUT2D eigenvalue weighted by Crippen LogP contribution is -2.49. The molecule has 2 amide bonds. The Kier molecular flexibility index (Phi) is 6.27. The number of carbonyl (C=O) groups excluding carboxylic acids is 2.